The Bertz CT molecular complexity index is 124. The first-order valence-electron chi connectivity index (χ1n) is 4.62. The van der Waals surface area contributed by atoms with E-state index in [1.165, 1.54) is 19.3 Å². The van der Waals surface area contributed by atoms with E-state index < -0.39 is 0 Å². The fourth-order valence-electron chi connectivity index (χ4n) is 1.17. The Hall–Kier alpha value is -0.380. The van der Waals surface area contributed by atoms with Crippen LogP contribution in [0.15, 0.2) is 12.2 Å². The van der Waals surface area contributed by atoms with E-state index in [0.29, 0.717) is 0 Å². The Morgan fingerprint density at radius 2 is 1.67 bits per heavy atom. The standard InChI is InChI=1S/C5H8.C4H10N2O/c1-2-4-5-3-1;5-6-1-3-7-4-2-6/h1-2H,3-5H2;1-5H2. The Kier molecular flexibility index (Phi) is 4.99. The van der Waals surface area contributed by atoms with E-state index in [2.05, 4.69) is 12.2 Å². The van der Waals surface area contributed by atoms with Crippen molar-refractivity contribution in [2.45, 2.75) is 19.3 Å². The first-order chi connectivity index (χ1) is 5.89. The van der Waals surface area contributed by atoms with Crippen LogP contribution >= 0.6 is 0 Å². The molecule has 0 bridgehead atoms. The van der Waals surface area contributed by atoms with Crippen LogP contribution in [0.2, 0.25) is 0 Å². The van der Waals surface area contributed by atoms with Crippen molar-refractivity contribution in [2.75, 3.05) is 26.3 Å². The van der Waals surface area contributed by atoms with Gasteiger partial charge in [0.05, 0.1) is 13.2 Å². The SMILES string of the molecule is C1=CCCC1.NN1CCOCC1. The lowest BCUT2D eigenvalue weighted by molar-refractivity contribution is 0.0378. The first-order valence-corrected chi connectivity index (χ1v) is 4.62. The maximum atomic E-state index is 5.39. The van der Waals surface area contributed by atoms with Crippen LogP contribution in [0.1, 0.15) is 19.3 Å². The van der Waals surface area contributed by atoms with E-state index in [9.17, 15) is 0 Å². The van der Waals surface area contributed by atoms with E-state index in [4.69, 9.17) is 10.6 Å². The number of ether oxygens (including phenoxy) is 1. The van der Waals surface area contributed by atoms with Crippen molar-refractivity contribution in [2.24, 2.45) is 5.84 Å². The van der Waals surface area contributed by atoms with Crippen LogP contribution in [0.3, 0.4) is 0 Å². The van der Waals surface area contributed by atoms with Crippen LogP contribution < -0.4 is 5.84 Å². The Morgan fingerprint density at radius 3 is 1.92 bits per heavy atom. The molecule has 0 atom stereocenters. The second-order valence-electron chi connectivity index (χ2n) is 3.05. The largest absolute Gasteiger partial charge is 0.379 e. The number of rotatable bonds is 0. The molecule has 2 N–H and O–H groups in total. The molecule has 0 aromatic heterocycles. The number of nitrogens with two attached hydrogens (primary N) is 1. The molecular weight excluding hydrogens is 152 g/mol. The summed E-state index contributed by atoms with van der Waals surface area (Å²) in [5.74, 6) is 5.39. The van der Waals surface area contributed by atoms with Crippen LogP contribution in [0.25, 0.3) is 0 Å². The van der Waals surface area contributed by atoms with Gasteiger partial charge in [0.25, 0.3) is 0 Å². The lowest BCUT2D eigenvalue weighted by Gasteiger charge is -2.20. The minimum Gasteiger partial charge on any atom is -0.379 e. The third kappa shape index (κ3) is 4.49. The second-order valence-corrected chi connectivity index (χ2v) is 3.05. The summed E-state index contributed by atoms with van der Waals surface area (Å²) in [5.41, 5.74) is 0. The molecule has 3 nitrogen and oxygen atoms in total. The van der Waals surface area contributed by atoms with Crippen LogP contribution in [0, 0.1) is 0 Å². The molecule has 2 aliphatic rings. The lowest BCUT2D eigenvalue weighted by Crippen LogP contribution is -2.41. The van der Waals surface area contributed by atoms with Gasteiger partial charge in [-0.2, -0.15) is 0 Å². The van der Waals surface area contributed by atoms with E-state index in [1.807, 2.05) is 0 Å². The molecule has 1 aliphatic heterocycles. The molecule has 0 radical (unpaired) electrons. The monoisotopic (exact) mass is 170 g/mol. The van der Waals surface area contributed by atoms with Crippen LogP contribution in [0.4, 0.5) is 0 Å². The van der Waals surface area contributed by atoms with Gasteiger partial charge >= 0.3 is 0 Å². The van der Waals surface area contributed by atoms with E-state index in [-0.39, 0.29) is 0 Å². The smallest absolute Gasteiger partial charge is 0.0608 e. The van der Waals surface area contributed by atoms with Gasteiger partial charge in [0, 0.05) is 13.1 Å². The summed E-state index contributed by atoms with van der Waals surface area (Å²) >= 11 is 0. The minimum atomic E-state index is 0.788. The zero-order valence-corrected chi connectivity index (χ0v) is 7.54. The highest BCUT2D eigenvalue weighted by molar-refractivity contribution is 4.88. The number of nitrogens with zero attached hydrogens (tertiary/aromatic N) is 1. The highest BCUT2D eigenvalue weighted by Gasteiger charge is 2.02. The van der Waals surface area contributed by atoms with Crippen molar-refractivity contribution < 1.29 is 4.74 Å². The average molecular weight is 170 g/mol. The molecular formula is C9H18N2O. The lowest BCUT2D eigenvalue weighted by atomic mass is 10.4. The van der Waals surface area contributed by atoms with Gasteiger partial charge in [-0.1, -0.05) is 12.2 Å². The topological polar surface area (TPSA) is 38.5 Å². The molecule has 1 aliphatic carbocycles. The summed E-state index contributed by atoms with van der Waals surface area (Å²) < 4.78 is 5.02. The molecule has 1 fully saturated rings. The zero-order chi connectivity index (χ0) is 8.65. The van der Waals surface area contributed by atoms with Crippen molar-refractivity contribution in [1.29, 1.82) is 0 Å². The van der Waals surface area contributed by atoms with Crippen molar-refractivity contribution in [3.05, 3.63) is 12.2 Å². The summed E-state index contributed by atoms with van der Waals surface area (Å²) in [6.07, 6.45) is 8.50. The normalized spacial score (nSPS) is 23.4. The first kappa shape index (κ1) is 9.71. The van der Waals surface area contributed by atoms with Gasteiger partial charge in [-0.15, -0.1) is 0 Å². The fourth-order valence-corrected chi connectivity index (χ4v) is 1.17. The number of hydrogen-bond acceptors (Lipinski definition) is 3. The molecule has 0 aromatic carbocycles. The van der Waals surface area contributed by atoms with E-state index in [0.717, 1.165) is 26.3 Å². The third-order valence-electron chi connectivity index (χ3n) is 1.95. The third-order valence-corrected chi connectivity index (χ3v) is 1.95. The molecule has 0 unspecified atom stereocenters. The molecule has 0 spiro atoms. The van der Waals surface area contributed by atoms with Gasteiger partial charge in [0.2, 0.25) is 0 Å². The second kappa shape index (κ2) is 6.17. The van der Waals surface area contributed by atoms with E-state index in [1.54, 1.807) is 5.01 Å². The van der Waals surface area contributed by atoms with Crippen LogP contribution in [-0.2, 0) is 4.74 Å². The van der Waals surface area contributed by atoms with Crippen molar-refractivity contribution in [3.8, 4) is 0 Å². The molecule has 3 heteroatoms. The average Bonchev–Trinajstić information content (AvgIpc) is 2.62. The molecule has 0 saturated carbocycles. The Morgan fingerprint density at radius 1 is 1.08 bits per heavy atom. The van der Waals surface area contributed by atoms with Gasteiger partial charge in [-0.3, -0.25) is 5.84 Å². The molecule has 2 rings (SSSR count). The predicted octanol–water partition coefficient (Wildman–Crippen LogP) is 0.919. The van der Waals surface area contributed by atoms with E-state index >= 15 is 0 Å². The molecule has 0 amide bonds. The molecule has 12 heavy (non-hydrogen) atoms. The number of hydrogen-bond donors (Lipinski definition) is 1. The highest BCUT2D eigenvalue weighted by atomic mass is 16.5. The van der Waals surface area contributed by atoms with Crippen molar-refractivity contribution >= 4 is 0 Å². The minimum absolute atomic E-state index is 0.788. The van der Waals surface area contributed by atoms with Crippen LogP contribution in [0.5, 0.6) is 0 Å². The fraction of sp³-hybridized carbons (Fsp3) is 0.778. The summed E-state index contributed by atoms with van der Waals surface area (Å²) in [4.78, 5) is 0. The van der Waals surface area contributed by atoms with Gasteiger partial charge in [0.15, 0.2) is 0 Å². The number of allylic oxidation sites excluding steroid dienone is 2. The molecule has 1 heterocycles. The molecule has 1 saturated heterocycles. The molecule has 0 aromatic rings. The number of morpholine rings is 1. The summed E-state index contributed by atoms with van der Waals surface area (Å²) in [6, 6.07) is 0. The molecule has 70 valence electrons. The zero-order valence-electron chi connectivity index (χ0n) is 7.54. The maximum Gasteiger partial charge on any atom is 0.0608 e. The summed E-state index contributed by atoms with van der Waals surface area (Å²) in [5, 5.41) is 1.77. The van der Waals surface area contributed by atoms with Gasteiger partial charge < -0.3 is 4.74 Å². The summed E-state index contributed by atoms with van der Waals surface area (Å²) in [6.45, 7) is 3.33. The van der Waals surface area contributed by atoms with Gasteiger partial charge in [-0.25, -0.2) is 5.01 Å². The highest BCUT2D eigenvalue weighted by Crippen LogP contribution is 2.05. The Labute approximate surface area is 74.1 Å². The quantitative estimate of drug-likeness (QED) is 0.434. The maximum absolute atomic E-state index is 5.39. The van der Waals surface area contributed by atoms with Crippen LogP contribution in [-0.4, -0.2) is 31.3 Å². The van der Waals surface area contributed by atoms with Gasteiger partial charge in [0.1, 0.15) is 0 Å². The number of hydrazine groups is 1. The Balaban J connectivity index is 0.000000127. The summed E-state index contributed by atoms with van der Waals surface area (Å²) in [7, 11) is 0. The van der Waals surface area contributed by atoms with Gasteiger partial charge in [-0.05, 0) is 19.3 Å². The van der Waals surface area contributed by atoms with Crippen molar-refractivity contribution in [1.82, 2.24) is 5.01 Å². The van der Waals surface area contributed by atoms with Crippen molar-refractivity contribution in [3.63, 3.8) is 0 Å². The predicted molar refractivity (Wildman–Crippen MR) is 49.6 cm³/mol.